The largest absolute Gasteiger partial charge is 0.352 e. The highest BCUT2D eigenvalue weighted by molar-refractivity contribution is 7.92. The van der Waals surface area contributed by atoms with E-state index in [2.05, 4.69) is 5.32 Å². The predicted molar refractivity (Wildman–Crippen MR) is 169 cm³/mol. The smallest absolute Gasteiger partial charge is 0.264 e. The summed E-state index contributed by atoms with van der Waals surface area (Å²) in [7, 11) is -4.26. The number of halogens is 4. The topological polar surface area (TPSA) is 86.8 Å². The van der Waals surface area contributed by atoms with Crippen LogP contribution in [0.25, 0.3) is 0 Å². The molecule has 1 atom stereocenters. The lowest BCUT2D eigenvalue weighted by molar-refractivity contribution is -0.139. The molecule has 2 amide bonds. The number of amides is 2. The van der Waals surface area contributed by atoms with E-state index in [-0.39, 0.29) is 39.1 Å². The summed E-state index contributed by atoms with van der Waals surface area (Å²) in [6, 6.07) is 16.0. The molecule has 4 rings (SSSR count). The molecule has 1 N–H and O–H groups in total. The Labute approximate surface area is 266 Å². The Morgan fingerprint density at radius 3 is 2.07 bits per heavy atom. The monoisotopic (exact) mass is 669 g/mol. The van der Waals surface area contributed by atoms with Crippen molar-refractivity contribution in [3.63, 3.8) is 0 Å². The zero-order valence-electron chi connectivity index (χ0n) is 22.9. The molecule has 12 heteroatoms. The number of nitrogens with one attached hydrogen (secondary N) is 1. The summed E-state index contributed by atoms with van der Waals surface area (Å²) in [6.45, 7) is 0.843. The molecule has 0 aliphatic heterocycles. The average Bonchev–Trinajstić information content (AvgIpc) is 2.95. The van der Waals surface area contributed by atoms with E-state index in [4.69, 9.17) is 46.4 Å². The lowest BCUT2D eigenvalue weighted by atomic mass is 9.95. The molecule has 0 radical (unpaired) electrons. The van der Waals surface area contributed by atoms with Crippen molar-refractivity contribution in [1.29, 1.82) is 0 Å². The first-order chi connectivity index (χ1) is 20.0. The minimum absolute atomic E-state index is 0.0121. The van der Waals surface area contributed by atoms with E-state index in [1.54, 1.807) is 43.3 Å². The number of rotatable bonds is 10. The van der Waals surface area contributed by atoms with Gasteiger partial charge in [0.25, 0.3) is 10.0 Å². The fourth-order valence-corrected chi connectivity index (χ4v) is 7.39. The van der Waals surface area contributed by atoms with Crippen molar-refractivity contribution in [2.45, 2.75) is 62.6 Å². The molecule has 0 saturated heterocycles. The normalized spacial score (nSPS) is 14.7. The van der Waals surface area contributed by atoms with Crippen LogP contribution in [0.2, 0.25) is 20.1 Å². The summed E-state index contributed by atoms with van der Waals surface area (Å²) in [6.07, 6.45) is 4.89. The summed E-state index contributed by atoms with van der Waals surface area (Å²) < 4.78 is 28.7. The summed E-state index contributed by atoms with van der Waals surface area (Å²) in [5.41, 5.74) is 0.537. The molecule has 0 bridgehead atoms. The van der Waals surface area contributed by atoms with E-state index in [0.29, 0.717) is 15.6 Å². The van der Waals surface area contributed by atoms with Gasteiger partial charge in [0.05, 0.1) is 10.6 Å². The van der Waals surface area contributed by atoms with Gasteiger partial charge in [0, 0.05) is 38.2 Å². The van der Waals surface area contributed by atoms with E-state index in [1.165, 1.54) is 35.2 Å². The van der Waals surface area contributed by atoms with Crippen LogP contribution >= 0.6 is 46.4 Å². The van der Waals surface area contributed by atoms with Crippen LogP contribution < -0.4 is 9.62 Å². The maximum Gasteiger partial charge on any atom is 0.264 e. The Balaban J connectivity index is 1.72. The standard InChI is InChI=1S/C30H31Cl4N3O4S/c1-20(30(39)35-23-9-4-2-5-10-23)36(18-26-27(33)13-8-14-28(26)34)29(38)19-37(24-16-21(31)15-22(32)17-24)42(40,41)25-11-6-3-7-12-25/h3,6-8,11-17,20,23H,2,4-5,9-10,18-19H2,1H3,(H,35,39)/t20-/m0/s1. The van der Waals surface area contributed by atoms with E-state index in [1.807, 2.05) is 0 Å². The number of carbonyl (C=O) groups excluding carboxylic acids is 2. The zero-order valence-corrected chi connectivity index (χ0v) is 26.7. The van der Waals surface area contributed by atoms with Gasteiger partial charge in [-0.15, -0.1) is 0 Å². The third-order valence-corrected chi connectivity index (χ3v) is 10.2. The number of anilines is 1. The van der Waals surface area contributed by atoms with Crippen LogP contribution in [-0.2, 0) is 26.2 Å². The van der Waals surface area contributed by atoms with Crippen molar-refractivity contribution in [1.82, 2.24) is 10.2 Å². The summed E-state index contributed by atoms with van der Waals surface area (Å²) >= 11 is 25.4. The van der Waals surface area contributed by atoms with Crippen molar-refractivity contribution < 1.29 is 18.0 Å². The van der Waals surface area contributed by atoms with Gasteiger partial charge in [-0.05, 0) is 62.2 Å². The van der Waals surface area contributed by atoms with Crippen LogP contribution in [0, 0.1) is 0 Å². The summed E-state index contributed by atoms with van der Waals surface area (Å²) in [4.78, 5) is 28.8. The Morgan fingerprint density at radius 2 is 1.48 bits per heavy atom. The highest BCUT2D eigenvalue weighted by atomic mass is 35.5. The van der Waals surface area contributed by atoms with E-state index in [0.717, 1.165) is 36.4 Å². The van der Waals surface area contributed by atoms with Crippen molar-refractivity contribution in [2.75, 3.05) is 10.8 Å². The molecule has 1 aliphatic carbocycles. The van der Waals surface area contributed by atoms with Gasteiger partial charge in [-0.2, -0.15) is 0 Å². The Morgan fingerprint density at radius 1 is 0.881 bits per heavy atom. The average molecular weight is 671 g/mol. The molecule has 42 heavy (non-hydrogen) atoms. The van der Waals surface area contributed by atoms with Gasteiger partial charge in [-0.1, -0.05) is 89.9 Å². The van der Waals surface area contributed by atoms with E-state index < -0.39 is 28.5 Å². The van der Waals surface area contributed by atoms with E-state index in [9.17, 15) is 18.0 Å². The maximum absolute atomic E-state index is 14.1. The Kier molecular flexibility index (Phi) is 11.1. The fourth-order valence-electron chi connectivity index (χ4n) is 4.94. The molecular formula is C30H31Cl4N3O4S. The molecule has 1 aliphatic rings. The number of sulfonamides is 1. The molecule has 3 aromatic rings. The predicted octanol–water partition coefficient (Wildman–Crippen LogP) is 7.36. The van der Waals surface area contributed by atoms with Crippen LogP contribution in [-0.4, -0.2) is 43.8 Å². The number of carbonyl (C=O) groups is 2. The van der Waals surface area contributed by atoms with Crippen LogP contribution in [0.15, 0.2) is 71.6 Å². The summed E-state index contributed by atoms with van der Waals surface area (Å²) in [5, 5.41) is 4.08. The lowest BCUT2D eigenvalue weighted by Gasteiger charge is -2.33. The molecule has 0 spiro atoms. The van der Waals surface area contributed by atoms with Gasteiger partial charge < -0.3 is 10.2 Å². The second-order valence-electron chi connectivity index (χ2n) is 10.2. The van der Waals surface area contributed by atoms with Crippen LogP contribution in [0.5, 0.6) is 0 Å². The zero-order chi connectivity index (χ0) is 30.4. The van der Waals surface area contributed by atoms with Gasteiger partial charge >= 0.3 is 0 Å². The van der Waals surface area contributed by atoms with Crippen LogP contribution in [0.3, 0.4) is 0 Å². The van der Waals surface area contributed by atoms with Gasteiger partial charge in [0.15, 0.2) is 0 Å². The number of hydrogen-bond donors (Lipinski definition) is 1. The SMILES string of the molecule is C[C@@H](C(=O)NC1CCCCC1)N(Cc1c(Cl)cccc1Cl)C(=O)CN(c1cc(Cl)cc(Cl)c1)S(=O)(=O)c1ccccc1. The molecule has 1 saturated carbocycles. The Bertz CT molecular complexity index is 1490. The van der Waals surface area contributed by atoms with E-state index >= 15 is 0 Å². The Hall–Kier alpha value is -2.49. The second-order valence-corrected chi connectivity index (χ2v) is 13.7. The highest BCUT2D eigenvalue weighted by Gasteiger charge is 2.34. The maximum atomic E-state index is 14.1. The van der Waals surface area contributed by atoms with Crippen LogP contribution in [0.4, 0.5) is 5.69 Å². The minimum atomic E-state index is -4.26. The first-order valence-electron chi connectivity index (χ1n) is 13.5. The van der Waals surface area contributed by atoms with Crippen molar-refractivity contribution in [2.24, 2.45) is 0 Å². The van der Waals surface area contributed by atoms with Crippen molar-refractivity contribution in [3.8, 4) is 0 Å². The first-order valence-corrected chi connectivity index (χ1v) is 16.5. The summed E-state index contributed by atoms with van der Waals surface area (Å²) in [5.74, 6) is -0.991. The molecule has 0 unspecified atom stereocenters. The number of hydrogen-bond acceptors (Lipinski definition) is 4. The molecule has 7 nitrogen and oxygen atoms in total. The minimum Gasteiger partial charge on any atom is -0.352 e. The van der Waals surface area contributed by atoms with Gasteiger partial charge in [-0.25, -0.2) is 8.42 Å². The van der Waals surface area contributed by atoms with Crippen molar-refractivity contribution >= 4 is 73.9 Å². The quantitative estimate of drug-likeness (QED) is 0.244. The third kappa shape index (κ3) is 7.91. The number of nitrogens with zero attached hydrogens (tertiary/aromatic N) is 2. The molecule has 0 heterocycles. The molecule has 3 aromatic carbocycles. The molecule has 1 fully saturated rings. The third-order valence-electron chi connectivity index (χ3n) is 7.25. The van der Waals surface area contributed by atoms with Crippen molar-refractivity contribution in [3.05, 3.63) is 92.4 Å². The van der Waals surface area contributed by atoms with Gasteiger partial charge in [-0.3, -0.25) is 13.9 Å². The highest BCUT2D eigenvalue weighted by Crippen LogP contribution is 2.31. The lowest BCUT2D eigenvalue weighted by Crippen LogP contribution is -2.53. The van der Waals surface area contributed by atoms with Crippen LogP contribution in [0.1, 0.15) is 44.6 Å². The fraction of sp³-hybridized carbons (Fsp3) is 0.333. The second kappa shape index (κ2) is 14.3. The molecule has 0 aromatic heterocycles. The first kappa shape index (κ1) is 32.4. The van der Waals surface area contributed by atoms with Gasteiger partial charge in [0.1, 0.15) is 12.6 Å². The molecule has 224 valence electrons. The number of benzene rings is 3. The van der Waals surface area contributed by atoms with Gasteiger partial charge in [0.2, 0.25) is 11.8 Å². The molecular weight excluding hydrogens is 640 g/mol.